The molecule has 0 spiro atoms. The Kier molecular flexibility index (Phi) is 5.63. The molecule has 130 valence electrons. The molecule has 26 heavy (non-hydrogen) atoms. The lowest BCUT2D eigenvalue weighted by molar-refractivity contribution is 0.321. The number of ether oxygens (including phenoxy) is 1. The first-order chi connectivity index (χ1) is 12.8. The van der Waals surface area contributed by atoms with E-state index in [1.807, 2.05) is 30.3 Å². The average molecular weight is 346 g/mol. The zero-order valence-corrected chi connectivity index (χ0v) is 14.3. The number of hydrogen-bond acceptors (Lipinski definition) is 6. The smallest absolute Gasteiger partial charge is 0.146 e. The van der Waals surface area contributed by atoms with Crippen molar-refractivity contribution < 1.29 is 9.94 Å². The number of fused-ring (bicyclic) bond motifs is 1. The molecule has 0 fully saturated rings. The number of methoxy groups -OCH3 is 1. The summed E-state index contributed by atoms with van der Waals surface area (Å²) in [5.74, 6) is 6.62. The highest BCUT2D eigenvalue weighted by atomic mass is 16.5. The minimum absolute atomic E-state index is 0.434. The van der Waals surface area contributed by atoms with Crippen LogP contribution in [0.15, 0.2) is 53.8 Å². The number of benzene rings is 1. The Balaban J connectivity index is 1.63. The fourth-order valence-corrected chi connectivity index (χ4v) is 2.51. The Morgan fingerprint density at radius 2 is 2.12 bits per heavy atom. The summed E-state index contributed by atoms with van der Waals surface area (Å²) in [4.78, 5) is 8.64. The lowest BCUT2D eigenvalue weighted by Gasteiger charge is -2.07. The van der Waals surface area contributed by atoms with Crippen LogP contribution in [-0.2, 0) is 0 Å². The molecule has 3 rings (SSSR count). The summed E-state index contributed by atoms with van der Waals surface area (Å²) in [7, 11) is 1.53. The number of nitrogens with one attached hydrogen (secondary N) is 1. The molecule has 0 aliphatic heterocycles. The maximum Gasteiger partial charge on any atom is 0.146 e. The van der Waals surface area contributed by atoms with Crippen molar-refractivity contribution in [2.24, 2.45) is 5.16 Å². The molecule has 2 aromatic heterocycles. The van der Waals surface area contributed by atoms with Gasteiger partial charge >= 0.3 is 0 Å². The Morgan fingerprint density at radius 3 is 2.96 bits per heavy atom. The van der Waals surface area contributed by atoms with E-state index in [1.54, 1.807) is 18.3 Å². The number of aromatic nitrogens is 2. The number of para-hydroxylation sites is 1. The van der Waals surface area contributed by atoms with Crippen LogP contribution in [0.1, 0.15) is 17.8 Å². The van der Waals surface area contributed by atoms with E-state index >= 15 is 0 Å². The predicted octanol–water partition coefficient (Wildman–Crippen LogP) is 3.30. The third-order valence-corrected chi connectivity index (χ3v) is 3.72. The molecule has 1 aromatic carbocycles. The molecule has 0 saturated carbocycles. The normalized spacial score (nSPS) is 10.5. The third-order valence-electron chi connectivity index (χ3n) is 3.72. The molecule has 0 unspecified atom stereocenters. The highest BCUT2D eigenvalue weighted by Crippen LogP contribution is 2.20. The van der Waals surface area contributed by atoms with Gasteiger partial charge in [0.1, 0.15) is 17.1 Å². The van der Waals surface area contributed by atoms with Gasteiger partial charge in [0.05, 0.1) is 18.8 Å². The molecule has 0 amide bonds. The van der Waals surface area contributed by atoms with Crippen LogP contribution >= 0.6 is 0 Å². The topological polar surface area (TPSA) is 79.6 Å². The maximum atomic E-state index is 8.69. The van der Waals surface area contributed by atoms with Crippen LogP contribution in [0.2, 0.25) is 0 Å². The second-order valence-electron chi connectivity index (χ2n) is 5.38. The van der Waals surface area contributed by atoms with E-state index in [0.29, 0.717) is 30.1 Å². The van der Waals surface area contributed by atoms with Crippen molar-refractivity contribution in [2.45, 2.75) is 6.42 Å². The quantitative estimate of drug-likeness (QED) is 0.244. The summed E-state index contributed by atoms with van der Waals surface area (Å²) in [5, 5.41) is 16.2. The highest BCUT2D eigenvalue weighted by Gasteiger charge is 2.03. The van der Waals surface area contributed by atoms with E-state index in [1.165, 1.54) is 13.3 Å². The van der Waals surface area contributed by atoms with Crippen LogP contribution in [0, 0.1) is 11.8 Å². The molecule has 0 aliphatic carbocycles. The van der Waals surface area contributed by atoms with E-state index in [4.69, 9.17) is 9.94 Å². The van der Waals surface area contributed by atoms with E-state index in [0.717, 1.165) is 16.6 Å². The molecule has 0 atom stereocenters. The van der Waals surface area contributed by atoms with Gasteiger partial charge in [-0.15, -0.1) is 0 Å². The maximum absolute atomic E-state index is 8.69. The number of nitrogens with zero attached hydrogens (tertiary/aromatic N) is 3. The van der Waals surface area contributed by atoms with Gasteiger partial charge in [0.25, 0.3) is 0 Å². The Labute approximate surface area is 151 Å². The summed E-state index contributed by atoms with van der Waals surface area (Å²) in [5.41, 5.74) is 3.03. The van der Waals surface area contributed by atoms with Crippen molar-refractivity contribution in [1.82, 2.24) is 9.97 Å². The van der Waals surface area contributed by atoms with Crippen LogP contribution in [0.3, 0.4) is 0 Å². The van der Waals surface area contributed by atoms with E-state index in [2.05, 4.69) is 32.3 Å². The van der Waals surface area contributed by atoms with Crippen LogP contribution in [0.25, 0.3) is 10.9 Å². The average Bonchev–Trinajstić information content (AvgIpc) is 2.68. The van der Waals surface area contributed by atoms with E-state index in [-0.39, 0.29) is 0 Å². The Bertz CT molecular complexity index is 985. The Morgan fingerprint density at radius 1 is 1.23 bits per heavy atom. The monoisotopic (exact) mass is 346 g/mol. The van der Waals surface area contributed by atoms with Gasteiger partial charge in [-0.1, -0.05) is 29.3 Å². The SMILES string of the molecule is COc1ccc(C#CCCNc2ccnc3ccccc23)nc1/C=N\O. The summed E-state index contributed by atoms with van der Waals surface area (Å²) in [6.45, 7) is 0.710. The summed E-state index contributed by atoms with van der Waals surface area (Å²) < 4.78 is 5.15. The van der Waals surface area contributed by atoms with Crippen molar-refractivity contribution in [3.05, 3.63) is 60.0 Å². The van der Waals surface area contributed by atoms with Crippen LogP contribution in [0.4, 0.5) is 5.69 Å². The largest absolute Gasteiger partial charge is 0.494 e. The van der Waals surface area contributed by atoms with Gasteiger partial charge in [-0.3, -0.25) is 4.98 Å². The van der Waals surface area contributed by atoms with Gasteiger partial charge in [0, 0.05) is 30.2 Å². The third kappa shape index (κ3) is 4.08. The first-order valence-corrected chi connectivity index (χ1v) is 8.11. The van der Waals surface area contributed by atoms with E-state index in [9.17, 15) is 0 Å². The minimum atomic E-state index is 0.434. The standard InChI is InChI=1S/C20H18N4O2/c1-26-20-10-9-15(24-19(20)14-23-25)6-4-5-12-21-18-11-13-22-17-8-3-2-7-16(17)18/h2-3,7-11,13-14,25H,5,12H2,1H3,(H,21,22)/b23-14-. The number of oxime groups is 1. The second kappa shape index (κ2) is 8.49. The molecule has 0 radical (unpaired) electrons. The fourth-order valence-electron chi connectivity index (χ4n) is 2.51. The number of rotatable bonds is 5. The van der Waals surface area contributed by atoms with Crippen molar-refractivity contribution >= 4 is 22.8 Å². The van der Waals surface area contributed by atoms with Gasteiger partial charge in [-0.05, 0) is 30.2 Å². The summed E-state index contributed by atoms with van der Waals surface area (Å²) in [6.07, 6.45) is 3.68. The van der Waals surface area contributed by atoms with Gasteiger partial charge in [0.2, 0.25) is 0 Å². The summed E-state index contributed by atoms with van der Waals surface area (Å²) in [6, 6.07) is 13.5. The number of pyridine rings is 2. The molecule has 2 N–H and O–H groups in total. The molecule has 6 nitrogen and oxygen atoms in total. The highest BCUT2D eigenvalue weighted by molar-refractivity contribution is 5.90. The van der Waals surface area contributed by atoms with E-state index < -0.39 is 0 Å². The zero-order chi connectivity index (χ0) is 18.2. The first-order valence-electron chi connectivity index (χ1n) is 8.11. The van der Waals surface area contributed by atoms with Crippen molar-refractivity contribution in [3.63, 3.8) is 0 Å². The number of anilines is 1. The van der Waals surface area contributed by atoms with Crippen molar-refractivity contribution in [2.75, 3.05) is 19.0 Å². The van der Waals surface area contributed by atoms with Crippen LogP contribution in [0.5, 0.6) is 5.75 Å². The predicted molar refractivity (Wildman–Crippen MR) is 102 cm³/mol. The van der Waals surface area contributed by atoms with Gasteiger partial charge in [0.15, 0.2) is 0 Å². The fraction of sp³-hybridized carbons (Fsp3) is 0.150. The van der Waals surface area contributed by atoms with Crippen LogP contribution < -0.4 is 10.1 Å². The minimum Gasteiger partial charge on any atom is -0.494 e. The zero-order valence-electron chi connectivity index (χ0n) is 14.3. The number of hydrogen-bond donors (Lipinski definition) is 2. The molecule has 0 aliphatic rings. The lowest BCUT2D eigenvalue weighted by atomic mass is 10.2. The summed E-state index contributed by atoms with van der Waals surface area (Å²) >= 11 is 0. The lowest BCUT2D eigenvalue weighted by Crippen LogP contribution is -2.01. The molecule has 3 aromatic rings. The van der Waals surface area contributed by atoms with Crippen molar-refractivity contribution in [3.8, 4) is 17.6 Å². The molecule has 2 heterocycles. The molecule has 6 heteroatoms. The van der Waals surface area contributed by atoms with Crippen molar-refractivity contribution in [1.29, 1.82) is 0 Å². The first kappa shape index (κ1) is 17.2. The van der Waals surface area contributed by atoms with Gasteiger partial charge < -0.3 is 15.3 Å². The molecular weight excluding hydrogens is 328 g/mol. The Hall–Kier alpha value is -3.59. The molecule has 0 saturated heterocycles. The van der Waals surface area contributed by atoms with Gasteiger partial charge in [-0.25, -0.2) is 4.98 Å². The van der Waals surface area contributed by atoms with Gasteiger partial charge in [-0.2, -0.15) is 0 Å². The molecule has 0 bridgehead atoms. The molecular formula is C20H18N4O2. The van der Waals surface area contributed by atoms with Crippen LogP contribution in [-0.4, -0.2) is 35.0 Å². The second-order valence-corrected chi connectivity index (χ2v) is 5.38.